The highest BCUT2D eigenvalue weighted by Crippen LogP contribution is 2.23. The number of carbonyl (C=O) groups excluding carboxylic acids is 2. The molecule has 7 nitrogen and oxygen atoms in total. The number of amides is 2. The van der Waals surface area contributed by atoms with E-state index in [2.05, 4.69) is 10.1 Å². The zero-order valence-corrected chi connectivity index (χ0v) is 19.8. The van der Waals surface area contributed by atoms with E-state index in [4.69, 9.17) is 9.26 Å². The number of rotatable bonds is 6. The molecular formula is C26H35N3O4. The Morgan fingerprint density at radius 3 is 2.24 bits per heavy atom. The summed E-state index contributed by atoms with van der Waals surface area (Å²) in [6.07, 6.45) is 6.61. The van der Waals surface area contributed by atoms with Crippen molar-refractivity contribution < 1.29 is 18.8 Å². The molecule has 0 saturated carbocycles. The maximum absolute atomic E-state index is 12.9. The molecular weight excluding hydrogens is 418 g/mol. The normalized spacial score (nSPS) is 17.6. The van der Waals surface area contributed by atoms with Crippen molar-refractivity contribution in [1.82, 2.24) is 15.0 Å². The standard InChI is InChI=1S/C26H35N3O4/c1-19-24(20(2)33-27-19)18-32-23-9-7-21(8-10-23)17-25(30)28-15-11-22(12-16-28)26(31)29-13-5-3-4-6-14-29/h7-10,22H,3-6,11-18H2,1-2H3. The van der Waals surface area contributed by atoms with Crippen LogP contribution in [-0.4, -0.2) is 52.9 Å². The summed E-state index contributed by atoms with van der Waals surface area (Å²) in [6, 6.07) is 7.67. The van der Waals surface area contributed by atoms with Gasteiger partial charge in [0.2, 0.25) is 11.8 Å². The quantitative estimate of drug-likeness (QED) is 0.659. The summed E-state index contributed by atoms with van der Waals surface area (Å²) < 4.78 is 11.0. The van der Waals surface area contributed by atoms with Crippen LogP contribution in [0, 0.1) is 19.8 Å². The van der Waals surface area contributed by atoms with Crippen LogP contribution in [0.15, 0.2) is 28.8 Å². The Hall–Kier alpha value is -2.83. The Morgan fingerprint density at radius 1 is 0.970 bits per heavy atom. The molecule has 3 heterocycles. The predicted octanol–water partition coefficient (Wildman–Crippen LogP) is 4.05. The number of hydrogen-bond acceptors (Lipinski definition) is 5. The van der Waals surface area contributed by atoms with Crippen LogP contribution in [0.5, 0.6) is 5.75 Å². The van der Waals surface area contributed by atoms with E-state index in [0.717, 1.165) is 67.1 Å². The second-order valence-electron chi connectivity index (χ2n) is 9.31. The third-order valence-corrected chi connectivity index (χ3v) is 6.96. The highest BCUT2D eigenvalue weighted by atomic mass is 16.5. The van der Waals surface area contributed by atoms with Crippen molar-refractivity contribution in [2.75, 3.05) is 26.2 Å². The average molecular weight is 454 g/mol. The van der Waals surface area contributed by atoms with Gasteiger partial charge in [0.1, 0.15) is 18.1 Å². The number of likely N-dealkylation sites (tertiary alicyclic amines) is 2. The maximum Gasteiger partial charge on any atom is 0.226 e. The lowest BCUT2D eigenvalue weighted by Crippen LogP contribution is -2.45. The van der Waals surface area contributed by atoms with Crippen molar-refractivity contribution >= 4 is 11.8 Å². The minimum absolute atomic E-state index is 0.0706. The minimum Gasteiger partial charge on any atom is -0.489 e. The molecule has 0 unspecified atom stereocenters. The summed E-state index contributed by atoms with van der Waals surface area (Å²) in [5.74, 6) is 2.02. The number of hydrogen-bond donors (Lipinski definition) is 0. The third kappa shape index (κ3) is 5.95. The van der Waals surface area contributed by atoms with Crippen LogP contribution < -0.4 is 4.74 Å². The largest absolute Gasteiger partial charge is 0.489 e. The SMILES string of the molecule is Cc1noc(C)c1COc1ccc(CC(=O)N2CCC(C(=O)N3CCCCCC3)CC2)cc1. The molecule has 2 fully saturated rings. The molecule has 1 aromatic carbocycles. The third-order valence-electron chi connectivity index (χ3n) is 6.96. The first-order valence-corrected chi connectivity index (χ1v) is 12.2. The molecule has 0 N–H and O–H groups in total. The van der Waals surface area contributed by atoms with Gasteiger partial charge in [0.15, 0.2) is 0 Å². The zero-order chi connectivity index (χ0) is 23.2. The Balaban J connectivity index is 1.23. The molecule has 33 heavy (non-hydrogen) atoms. The molecule has 0 bridgehead atoms. The first-order chi connectivity index (χ1) is 16.0. The lowest BCUT2D eigenvalue weighted by atomic mass is 9.94. The summed E-state index contributed by atoms with van der Waals surface area (Å²) in [7, 11) is 0. The van der Waals surface area contributed by atoms with Gasteiger partial charge in [-0.15, -0.1) is 0 Å². The van der Waals surface area contributed by atoms with E-state index in [-0.39, 0.29) is 11.8 Å². The van der Waals surface area contributed by atoms with Crippen molar-refractivity contribution in [1.29, 1.82) is 0 Å². The van der Waals surface area contributed by atoms with E-state index in [1.165, 1.54) is 12.8 Å². The van der Waals surface area contributed by atoms with Gasteiger partial charge in [0, 0.05) is 32.1 Å². The molecule has 0 aliphatic carbocycles. The molecule has 4 rings (SSSR count). The van der Waals surface area contributed by atoms with Gasteiger partial charge in [0.05, 0.1) is 17.7 Å². The van der Waals surface area contributed by atoms with E-state index in [1.54, 1.807) is 0 Å². The summed E-state index contributed by atoms with van der Waals surface area (Å²) in [5.41, 5.74) is 2.77. The zero-order valence-electron chi connectivity index (χ0n) is 19.8. The van der Waals surface area contributed by atoms with Gasteiger partial charge in [-0.1, -0.05) is 30.1 Å². The Bertz CT molecular complexity index is 917. The van der Waals surface area contributed by atoms with Crippen LogP contribution in [0.2, 0.25) is 0 Å². The average Bonchev–Trinajstić information content (AvgIpc) is 3.01. The van der Waals surface area contributed by atoms with Gasteiger partial charge in [-0.2, -0.15) is 0 Å². The number of aryl methyl sites for hydroxylation is 2. The number of nitrogens with zero attached hydrogens (tertiary/aromatic N) is 3. The van der Waals surface area contributed by atoms with Gasteiger partial charge in [-0.3, -0.25) is 9.59 Å². The first-order valence-electron chi connectivity index (χ1n) is 12.2. The van der Waals surface area contributed by atoms with E-state index >= 15 is 0 Å². The molecule has 7 heteroatoms. The number of ether oxygens (including phenoxy) is 1. The summed E-state index contributed by atoms with van der Waals surface area (Å²) in [6.45, 7) is 7.32. The molecule has 0 spiro atoms. The monoisotopic (exact) mass is 453 g/mol. The van der Waals surface area contributed by atoms with E-state index in [0.29, 0.717) is 32.0 Å². The molecule has 2 aromatic rings. The van der Waals surface area contributed by atoms with Gasteiger partial charge < -0.3 is 19.1 Å². The lowest BCUT2D eigenvalue weighted by Gasteiger charge is -2.34. The van der Waals surface area contributed by atoms with Crippen LogP contribution >= 0.6 is 0 Å². The van der Waals surface area contributed by atoms with Gasteiger partial charge in [-0.25, -0.2) is 0 Å². The molecule has 2 aliphatic rings. The van der Waals surface area contributed by atoms with Gasteiger partial charge >= 0.3 is 0 Å². The fourth-order valence-corrected chi connectivity index (χ4v) is 4.78. The van der Waals surface area contributed by atoms with Crippen LogP contribution in [0.1, 0.15) is 61.1 Å². The first kappa shape index (κ1) is 23.3. The van der Waals surface area contributed by atoms with Crippen LogP contribution in [0.25, 0.3) is 0 Å². The molecule has 2 aliphatic heterocycles. The number of benzene rings is 1. The van der Waals surface area contributed by atoms with Crippen molar-refractivity contribution in [2.24, 2.45) is 5.92 Å². The minimum atomic E-state index is 0.0706. The van der Waals surface area contributed by atoms with Crippen LogP contribution in [0.4, 0.5) is 0 Å². The van der Waals surface area contributed by atoms with E-state index in [1.807, 2.05) is 43.0 Å². The van der Waals surface area contributed by atoms with Crippen molar-refractivity contribution in [3.63, 3.8) is 0 Å². The van der Waals surface area contributed by atoms with Gasteiger partial charge in [0.25, 0.3) is 0 Å². The smallest absolute Gasteiger partial charge is 0.226 e. The van der Waals surface area contributed by atoms with Crippen LogP contribution in [0.3, 0.4) is 0 Å². The molecule has 178 valence electrons. The second-order valence-corrected chi connectivity index (χ2v) is 9.31. The van der Waals surface area contributed by atoms with Gasteiger partial charge in [-0.05, 0) is 57.2 Å². The Kier molecular flexibility index (Phi) is 7.68. The topological polar surface area (TPSA) is 75.9 Å². The van der Waals surface area contributed by atoms with E-state index < -0.39 is 0 Å². The molecule has 0 atom stereocenters. The maximum atomic E-state index is 12.9. The fourth-order valence-electron chi connectivity index (χ4n) is 4.78. The predicted molar refractivity (Wildman–Crippen MR) is 125 cm³/mol. The lowest BCUT2D eigenvalue weighted by molar-refractivity contribution is -0.140. The van der Waals surface area contributed by atoms with E-state index in [9.17, 15) is 9.59 Å². The highest BCUT2D eigenvalue weighted by molar-refractivity contribution is 5.81. The van der Waals surface area contributed by atoms with Crippen molar-refractivity contribution in [2.45, 2.75) is 65.4 Å². The number of carbonyl (C=O) groups is 2. The van der Waals surface area contributed by atoms with Crippen molar-refractivity contribution in [3.8, 4) is 5.75 Å². The summed E-state index contributed by atoms with van der Waals surface area (Å²) >= 11 is 0. The number of piperidine rings is 1. The molecule has 1 aromatic heterocycles. The molecule has 2 saturated heterocycles. The fraction of sp³-hybridized carbons (Fsp3) is 0.577. The highest BCUT2D eigenvalue weighted by Gasteiger charge is 2.30. The molecule has 0 radical (unpaired) electrons. The van der Waals surface area contributed by atoms with Crippen molar-refractivity contribution in [3.05, 3.63) is 46.8 Å². The summed E-state index contributed by atoms with van der Waals surface area (Å²) in [4.78, 5) is 29.7. The second kappa shape index (κ2) is 10.9. The van der Waals surface area contributed by atoms with Crippen LogP contribution in [-0.2, 0) is 22.6 Å². The Morgan fingerprint density at radius 2 is 1.64 bits per heavy atom. The Labute approximate surface area is 196 Å². The summed E-state index contributed by atoms with van der Waals surface area (Å²) in [5, 5.41) is 3.94. The number of aromatic nitrogens is 1. The molecule has 2 amide bonds.